The van der Waals surface area contributed by atoms with Crippen LogP contribution in [0.25, 0.3) is 0 Å². The van der Waals surface area contributed by atoms with Crippen LogP contribution in [0.15, 0.2) is 34.9 Å². The molecule has 0 atom stereocenters. The van der Waals surface area contributed by atoms with Crippen molar-refractivity contribution in [2.24, 2.45) is 0 Å². The standard InChI is InChI=1S/C17H25N3O/c1-17(2,3)15-9-13(11-18-4)10-16(19-15)20(5)12-14-7-6-8-21-14/h6-10,18H,11-12H2,1-5H3. The Bertz CT molecular complexity index is 570. The van der Waals surface area contributed by atoms with Crippen molar-refractivity contribution in [3.63, 3.8) is 0 Å². The first-order chi connectivity index (χ1) is 9.90. The van der Waals surface area contributed by atoms with Crippen LogP contribution >= 0.6 is 0 Å². The molecule has 2 rings (SSSR count). The Morgan fingerprint density at radius 1 is 1.29 bits per heavy atom. The molecular formula is C17H25N3O. The van der Waals surface area contributed by atoms with Gasteiger partial charge in [0.05, 0.1) is 12.8 Å². The van der Waals surface area contributed by atoms with E-state index >= 15 is 0 Å². The molecule has 0 radical (unpaired) electrons. The van der Waals surface area contributed by atoms with Gasteiger partial charge in [0, 0.05) is 24.7 Å². The molecule has 0 spiro atoms. The summed E-state index contributed by atoms with van der Waals surface area (Å²) in [5.74, 6) is 1.92. The highest BCUT2D eigenvalue weighted by molar-refractivity contribution is 5.43. The second-order valence-electron chi connectivity index (χ2n) is 6.43. The number of hydrogen-bond acceptors (Lipinski definition) is 4. The van der Waals surface area contributed by atoms with Gasteiger partial charge in [0.15, 0.2) is 0 Å². The van der Waals surface area contributed by atoms with Crippen LogP contribution in [-0.2, 0) is 18.5 Å². The van der Waals surface area contributed by atoms with Crippen LogP contribution in [0.5, 0.6) is 0 Å². The van der Waals surface area contributed by atoms with Gasteiger partial charge in [0.25, 0.3) is 0 Å². The molecule has 0 aliphatic rings. The number of pyridine rings is 1. The minimum Gasteiger partial charge on any atom is -0.467 e. The van der Waals surface area contributed by atoms with E-state index in [0.29, 0.717) is 6.54 Å². The summed E-state index contributed by atoms with van der Waals surface area (Å²) < 4.78 is 5.42. The molecule has 4 heteroatoms. The molecule has 2 heterocycles. The number of aromatic nitrogens is 1. The lowest BCUT2D eigenvalue weighted by molar-refractivity contribution is 0.506. The molecule has 0 bridgehead atoms. The second kappa shape index (κ2) is 6.31. The van der Waals surface area contributed by atoms with E-state index in [1.54, 1.807) is 6.26 Å². The van der Waals surface area contributed by atoms with Crippen LogP contribution in [0, 0.1) is 0 Å². The van der Waals surface area contributed by atoms with Gasteiger partial charge in [-0.05, 0) is 36.9 Å². The van der Waals surface area contributed by atoms with Crippen LogP contribution in [0.4, 0.5) is 5.82 Å². The molecule has 0 aromatic carbocycles. The van der Waals surface area contributed by atoms with E-state index in [4.69, 9.17) is 9.40 Å². The van der Waals surface area contributed by atoms with Crippen molar-refractivity contribution in [1.29, 1.82) is 0 Å². The lowest BCUT2D eigenvalue weighted by Crippen LogP contribution is -2.22. The Balaban J connectivity index is 2.30. The quantitative estimate of drug-likeness (QED) is 0.916. The molecule has 0 aliphatic heterocycles. The van der Waals surface area contributed by atoms with Gasteiger partial charge in [-0.2, -0.15) is 0 Å². The zero-order valence-electron chi connectivity index (χ0n) is 13.6. The molecule has 0 aliphatic carbocycles. The van der Waals surface area contributed by atoms with E-state index in [-0.39, 0.29) is 5.41 Å². The van der Waals surface area contributed by atoms with Crippen molar-refractivity contribution >= 4 is 5.82 Å². The predicted molar refractivity (Wildman–Crippen MR) is 86.5 cm³/mol. The molecule has 114 valence electrons. The van der Waals surface area contributed by atoms with Gasteiger partial charge in [-0.25, -0.2) is 4.98 Å². The molecule has 4 nitrogen and oxygen atoms in total. The van der Waals surface area contributed by atoms with Gasteiger partial charge in [0.2, 0.25) is 0 Å². The van der Waals surface area contributed by atoms with Crippen molar-refractivity contribution in [3.05, 3.63) is 47.5 Å². The lowest BCUT2D eigenvalue weighted by Gasteiger charge is -2.23. The highest BCUT2D eigenvalue weighted by Gasteiger charge is 2.18. The Kier molecular flexibility index (Phi) is 4.68. The van der Waals surface area contributed by atoms with Crippen LogP contribution in [0.2, 0.25) is 0 Å². The summed E-state index contributed by atoms with van der Waals surface area (Å²) in [5, 5.41) is 3.21. The summed E-state index contributed by atoms with van der Waals surface area (Å²) in [5.41, 5.74) is 2.39. The molecule has 1 N–H and O–H groups in total. The first-order valence-corrected chi connectivity index (χ1v) is 7.29. The van der Waals surface area contributed by atoms with E-state index < -0.39 is 0 Å². The van der Waals surface area contributed by atoms with E-state index in [1.807, 2.05) is 26.2 Å². The van der Waals surface area contributed by atoms with E-state index in [0.717, 1.165) is 23.8 Å². The molecule has 21 heavy (non-hydrogen) atoms. The summed E-state index contributed by atoms with van der Waals surface area (Å²) in [6.07, 6.45) is 1.70. The number of nitrogens with zero attached hydrogens (tertiary/aromatic N) is 2. The molecule has 0 saturated heterocycles. The summed E-state index contributed by atoms with van der Waals surface area (Å²) in [6.45, 7) is 8.12. The van der Waals surface area contributed by atoms with Crippen LogP contribution in [0.1, 0.15) is 37.8 Å². The third-order valence-electron chi connectivity index (χ3n) is 3.39. The predicted octanol–water partition coefficient (Wildman–Crippen LogP) is 3.33. The van der Waals surface area contributed by atoms with Crippen LogP contribution in [-0.4, -0.2) is 19.1 Å². The smallest absolute Gasteiger partial charge is 0.129 e. The average molecular weight is 287 g/mol. The van der Waals surface area contributed by atoms with Crippen molar-refractivity contribution < 1.29 is 4.42 Å². The first-order valence-electron chi connectivity index (χ1n) is 7.29. The highest BCUT2D eigenvalue weighted by atomic mass is 16.3. The topological polar surface area (TPSA) is 41.3 Å². The molecule has 2 aromatic rings. The van der Waals surface area contributed by atoms with E-state index in [2.05, 4.69) is 43.1 Å². The highest BCUT2D eigenvalue weighted by Crippen LogP contribution is 2.25. The Labute approximate surface area is 127 Å². The van der Waals surface area contributed by atoms with Gasteiger partial charge >= 0.3 is 0 Å². The van der Waals surface area contributed by atoms with E-state index in [9.17, 15) is 0 Å². The summed E-state index contributed by atoms with van der Waals surface area (Å²) in [4.78, 5) is 6.94. The minimum atomic E-state index is 0.0318. The third kappa shape index (κ3) is 4.08. The van der Waals surface area contributed by atoms with Crippen molar-refractivity contribution in [3.8, 4) is 0 Å². The SMILES string of the molecule is CNCc1cc(N(C)Cc2ccco2)nc(C(C)(C)C)c1. The average Bonchev–Trinajstić information content (AvgIpc) is 2.90. The maximum absolute atomic E-state index is 5.42. The van der Waals surface area contributed by atoms with Crippen LogP contribution in [0.3, 0.4) is 0 Å². The normalized spacial score (nSPS) is 11.7. The first kappa shape index (κ1) is 15.6. The summed E-state index contributed by atoms with van der Waals surface area (Å²) >= 11 is 0. The number of furan rings is 1. The molecule has 0 fully saturated rings. The summed E-state index contributed by atoms with van der Waals surface area (Å²) in [6, 6.07) is 8.21. The monoisotopic (exact) mass is 287 g/mol. The van der Waals surface area contributed by atoms with Gasteiger partial charge in [-0.1, -0.05) is 20.8 Å². The lowest BCUT2D eigenvalue weighted by atomic mass is 9.90. The van der Waals surface area contributed by atoms with Crippen molar-refractivity contribution in [1.82, 2.24) is 10.3 Å². The maximum Gasteiger partial charge on any atom is 0.129 e. The number of rotatable bonds is 5. The molecule has 0 saturated carbocycles. The summed E-state index contributed by atoms with van der Waals surface area (Å²) in [7, 11) is 4.00. The number of hydrogen-bond donors (Lipinski definition) is 1. The molecular weight excluding hydrogens is 262 g/mol. The number of anilines is 1. The van der Waals surface area contributed by atoms with Crippen LogP contribution < -0.4 is 10.2 Å². The molecule has 0 unspecified atom stereocenters. The van der Waals surface area contributed by atoms with Gasteiger partial charge in [-0.15, -0.1) is 0 Å². The Morgan fingerprint density at radius 2 is 2.05 bits per heavy atom. The van der Waals surface area contributed by atoms with Gasteiger partial charge in [0.1, 0.15) is 11.6 Å². The third-order valence-corrected chi connectivity index (χ3v) is 3.39. The zero-order valence-corrected chi connectivity index (χ0v) is 13.6. The van der Waals surface area contributed by atoms with Crippen molar-refractivity contribution in [2.45, 2.75) is 39.3 Å². The fourth-order valence-electron chi connectivity index (χ4n) is 2.17. The Hall–Kier alpha value is -1.81. The van der Waals surface area contributed by atoms with Gasteiger partial charge < -0.3 is 14.6 Å². The molecule has 0 amide bonds. The second-order valence-corrected chi connectivity index (χ2v) is 6.43. The van der Waals surface area contributed by atoms with E-state index in [1.165, 1.54) is 5.56 Å². The van der Waals surface area contributed by atoms with Gasteiger partial charge in [-0.3, -0.25) is 0 Å². The Morgan fingerprint density at radius 3 is 2.62 bits per heavy atom. The minimum absolute atomic E-state index is 0.0318. The number of nitrogens with one attached hydrogen (secondary N) is 1. The maximum atomic E-state index is 5.42. The van der Waals surface area contributed by atoms with Crippen molar-refractivity contribution in [2.75, 3.05) is 19.0 Å². The fraction of sp³-hybridized carbons (Fsp3) is 0.471. The largest absolute Gasteiger partial charge is 0.467 e. The zero-order chi connectivity index (χ0) is 15.5. The molecule has 2 aromatic heterocycles. The fourth-order valence-corrected chi connectivity index (χ4v) is 2.17.